The highest BCUT2D eigenvalue weighted by molar-refractivity contribution is 6.05. The molecule has 5 nitrogen and oxygen atoms in total. The Kier molecular flexibility index (Phi) is 3.67. The first-order chi connectivity index (χ1) is 9.24. The molecule has 0 saturated carbocycles. The van der Waals surface area contributed by atoms with Crippen LogP contribution in [-0.2, 0) is 0 Å². The Morgan fingerprint density at radius 1 is 1.26 bits per heavy atom. The van der Waals surface area contributed by atoms with Gasteiger partial charge in [0.2, 0.25) is 0 Å². The SMILES string of the molecule is [N-]=[N+]=NCC#Cc1cccc2c(C(=O)O)cccc12. The number of azide groups is 1. The Balaban J connectivity index is 2.57. The number of carboxylic acids is 1. The van der Waals surface area contributed by atoms with Crippen LogP contribution in [-0.4, -0.2) is 17.6 Å². The third-order valence-electron chi connectivity index (χ3n) is 2.59. The van der Waals surface area contributed by atoms with E-state index in [0.29, 0.717) is 10.9 Å². The molecule has 0 spiro atoms. The van der Waals surface area contributed by atoms with E-state index in [0.717, 1.165) is 5.39 Å². The molecule has 0 aliphatic heterocycles. The van der Waals surface area contributed by atoms with Crippen LogP contribution in [0.4, 0.5) is 0 Å². The number of carboxylic acid groups (broad SMARTS) is 1. The van der Waals surface area contributed by atoms with Crippen LogP contribution in [0.2, 0.25) is 0 Å². The standard InChI is InChI=1S/C14H9N3O2/c15-17-16-9-3-5-10-4-1-7-12-11(10)6-2-8-13(12)14(18)19/h1-2,4,6-8H,9H2,(H,18,19). The molecule has 1 N–H and O–H groups in total. The summed E-state index contributed by atoms with van der Waals surface area (Å²) >= 11 is 0. The normalized spacial score (nSPS) is 9.26. The van der Waals surface area contributed by atoms with E-state index < -0.39 is 5.97 Å². The van der Waals surface area contributed by atoms with Crippen molar-refractivity contribution in [2.75, 3.05) is 6.54 Å². The zero-order valence-electron chi connectivity index (χ0n) is 9.87. The quantitative estimate of drug-likeness (QED) is 0.384. The van der Waals surface area contributed by atoms with Gasteiger partial charge in [0.25, 0.3) is 0 Å². The molecule has 0 bridgehead atoms. The predicted octanol–water partition coefficient (Wildman–Crippen LogP) is 3.20. The monoisotopic (exact) mass is 251 g/mol. The average molecular weight is 251 g/mol. The van der Waals surface area contributed by atoms with E-state index in [1.165, 1.54) is 0 Å². The Labute approximate surface area is 109 Å². The summed E-state index contributed by atoms with van der Waals surface area (Å²) in [7, 11) is 0. The molecule has 0 aliphatic rings. The van der Waals surface area contributed by atoms with Crippen LogP contribution in [0.15, 0.2) is 41.5 Å². The first kappa shape index (κ1) is 12.5. The van der Waals surface area contributed by atoms with Crippen LogP contribution >= 0.6 is 0 Å². The fourth-order valence-electron chi connectivity index (χ4n) is 1.81. The highest BCUT2D eigenvalue weighted by atomic mass is 16.4. The number of rotatable bonds is 2. The third kappa shape index (κ3) is 2.65. The molecule has 5 heteroatoms. The van der Waals surface area contributed by atoms with Gasteiger partial charge in [-0.2, -0.15) is 0 Å². The molecule has 2 aromatic rings. The van der Waals surface area contributed by atoms with Gasteiger partial charge in [-0.15, -0.1) is 0 Å². The molecule has 92 valence electrons. The topological polar surface area (TPSA) is 86.1 Å². The first-order valence-corrected chi connectivity index (χ1v) is 5.49. The molecule has 2 rings (SSSR count). The van der Waals surface area contributed by atoms with Gasteiger partial charge in [-0.25, -0.2) is 4.79 Å². The minimum atomic E-state index is -0.968. The molecule has 0 atom stereocenters. The van der Waals surface area contributed by atoms with Gasteiger partial charge in [0.1, 0.15) is 0 Å². The van der Waals surface area contributed by atoms with Gasteiger partial charge in [0, 0.05) is 10.5 Å². The molecule has 0 amide bonds. The second-order valence-corrected chi connectivity index (χ2v) is 3.70. The van der Waals surface area contributed by atoms with Crippen LogP contribution in [0.3, 0.4) is 0 Å². The van der Waals surface area contributed by atoms with Crippen LogP contribution < -0.4 is 0 Å². The fraction of sp³-hybridized carbons (Fsp3) is 0.0714. The molecule has 0 saturated heterocycles. The number of nitrogens with zero attached hydrogens (tertiary/aromatic N) is 3. The number of benzene rings is 2. The van der Waals surface area contributed by atoms with E-state index in [1.807, 2.05) is 6.07 Å². The van der Waals surface area contributed by atoms with Crippen molar-refractivity contribution in [2.45, 2.75) is 0 Å². The van der Waals surface area contributed by atoms with Gasteiger partial charge in [-0.05, 0) is 28.4 Å². The lowest BCUT2D eigenvalue weighted by molar-refractivity contribution is 0.0699. The maximum absolute atomic E-state index is 11.1. The number of hydrogen-bond donors (Lipinski definition) is 1. The average Bonchev–Trinajstić information content (AvgIpc) is 2.43. The highest BCUT2D eigenvalue weighted by Crippen LogP contribution is 2.22. The van der Waals surface area contributed by atoms with Crippen molar-refractivity contribution < 1.29 is 9.90 Å². The van der Waals surface area contributed by atoms with Gasteiger partial charge in [-0.1, -0.05) is 41.2 Å². The van der Waals surface area contributed by atoms with Crippen LogP contribution in [0.5, 0.6) is 0 Å². The summed E-state index contributed by atoms with van der Waals surface area (Å²) in [6.45, 7) is 0.0888. The van der Waals surface area contributed by atoms with Crippen molar-refractivity contribution in [2.24, 2.45) is 5.11 Å². The number of carbonyl (C=O) groups is 1. The summed E-state index contributed by atoms with van der Waals surface area (Å²) < 4.78 is 0. The van der Waals surface area contributed by atoms with E-state index in [1.54, 1.807) is 30.3 Å². The molecule has 0 radical (unpaired) electrons. The van der Waals surface area contributed by atoms with Gasteiger partial charge in [0.05, 0.1) is 12.1 Å². The summed E-state index contributed by atoms with van der Waals surface area (Å²) in [5.74, 6) is 4.64. The maximum Gasteiger partial charge on any atom is 0.336 e. The second-order valence-electron chi connectivity index (χ2n) is 3.70. The summed E-state index contributed by atoms with van der Waals surface area (Å²) in [5, 5.41) is 13.9. The molecule has 2 aromatic carbocycles. The Bertz CT molecular complexity index is 750. The predicted molar refractivity (Wildman–Crippen MR) is 71.8 cm³/mol. The van der Waals surface area contributed by atoms with Crippen molar-refractivity contribution >= 4 is 16.7 Å². The maximum atomic E-state index is 11.1. The third-order valence-corrected chi connectivity index (χ3v) is 2.59. The number of aromatic carboxylic acids is 1. The summed E-state index contributed by atoms with van der Waals surface area (Å²) in [4.78, 5) is 13.7. The molecule has 0 aromatic heterocycles. The minimum absolute atomic E-state index is 0.0888. The van der Waals surface area contributed by atoms with Gasteiger partial charge in [0.15, 0.2) is 0 Å². The smallest absolute Gasteiger partial charge is 0.336 e. The Hall–Kier alpha value is -2.96. The van der Waals surface area contributed by atoms with Crippen molar-refractivity contribution in [3.05, 3.63) is 58.0 Å². The summed E-state index contributed by atoms with van der Waals surface area (Å²) in [6, 6.07) is 10.4. The highest BCUT2D eigenvalue weighted by Gasteiger charge is 2.08. The lowest BCUT2D eigenvalue weighted by Crippen LogP contribution is -1.97. The number of hydrogen-bond acceptors (Lipinski definition) is 2. The molecule has 0 fully saturated rings. The fourth-order valence-corrected chi connectivity index (χ4v) is 1.81. The molecule has 19 heavy (non-hydrogen) atoms. The van der Waals surface area contributed by atoms with Gasteiger partial charge in [-0.3, -0.25) is 0 Å². The molecule has 0 heterocycles. The lowest BCUT2D eigenvalue weighted by atomic mass is 10.0. The molecular weight excluding hydrogens is 242 g/mol. The van der Waals surface area contributed by atoms with Crippen molar-refractivity contribution in [1.29, 1.82) is 0 Å². The van der Waals surface area contributed by atoms with Crippen LogP contribution in [0.1, 0.15) is 15.9 Å². The van der Waals surface area contributed by atoms with Crippen molar-refractivity contribution in [3.8, 4) is 11.8 Å². The zero-order valence-corrected chi connectivity index (χ0v) is 9.87. The summed E-state index contributed by atoms with van der Waals surface area (Å²) in [6.07, 6.45) is 0. The van der Waals surface area contributed by atoms with E-state index in [4.69, 9.17) is 10.6 Å². The van der Waals surface area contributed by atoms with Crippen molar-refractivity contribution in [3.63, 3.8) is 0 Å². The number of fused-ring (bicyclic) bond motifs is 1. The first-order valence-electron chi connectivity index (χ1n) is 5.49. The molecule has 0 aliphatic carbocycles. The van der Waals surface area contributed by atoms with E-state index in [-0.39, 0.29) is 12.1 Å². The largest absolute Gasteiger partial charge is 0.478 e. The Morgan fingerprint density at radius 2 is 2.00 bits per heavy atom. The van der Waals surface area contributed by atoms with E-state index in [2.05, 4.69) is 21.9 Å². The lowest BCUT2D eigenvalue weighted by Gasteiger charge is -2.03. The van der Waals surface area contributed by atoms with E-state index >= 15 is 0 Å². The van der Waals surface area contributed by atoms with Gasteiger partial charge >= 0.3 is 5.97 Å². The van der Waals surface area contributed by atoms with Crippen LogP contribution in [0, 0.1) is 11.8 Å². The van der Waals surface area contributed by atoms with Gasteiger partial charge < -0.3 is 5.11 Å². The zero-order chi connectivity index (χ0) is 13.7. The van der Waals surface area contributed by atoms with Crippen LogP contribution in [0.25, 0.3) is 21.2 Å². The molecular formula is C14H9N3O2. The second kappa shape index (κ2) is 5.58. The van der Waals surface area contributed by atoms with E-state index in [9.17, 15) is 4.79 Å². The summed E-state index contributed by atoms with van der Waals surface area (Å²) in [5.41, 5.74) is 9.12. The minimum Gasteiger partial charge on any atom is -0.478 e. The molecule has 0 unspecified atom stereocenters. The Morgan fingerprint density at radius 3 is 2.74 bits per heavy atom. The van der Waals surface area contributed by atoms with Crippen molar-refractivity contribution in [1.82, 2.24) is 0 Å².